The van der Waals surface area contributed by atoms with E-state index in [9.17, 15) is 4.79 Å². The van der Waals surface area contributed by atoms with Crippen LogP contribution in [0.1, 0.15) is 30.8 Å². The summed E-state index contributed by atoms with van der Waals surface area (Å²) < 4.78 is 1.63. The zero-order valence-electron chi connectivity index (χ0n) is 13.8. The van der Waals surface area contributed by atoms with Crippen molar-refractivity contribution in [3.05, 3.63) is 47.0 Å². The number of carbonyl (C=O) groups excluding carboxylic acids is 1. The molecule has 0 radical (unpaired) electrons. The number of nitrogens with one attached hydrogen (secondary N) is 1. The lowest BCUT2D eigenvalue weighted by Gasteiger charge is -2.25. The number of aliphatic hydroxyl groups excluding tert-OH is 1. The van der Waals surface area contributed by atoms with Crippen LogP contribution in [0.2, 0.25) is 5.02 Å². The molecule has 2 N–H and O–H groups in total. The molecule has 7 nitrogen and oxygen atoms in total. The minimum Gasteiger partial charge on any atom is -0.396 e. The lowest BCUT2D eigenvalue weighted by molar-refractivity contribution is 0.183. The number of carbonyl (C=O) groups is 1. The molecule has 1 unspecified atom stereocenters. The Balaban J connectivity index is 2.04. The van der Waals surface area contributed by atoms with Crippen molar-refractivity contribution in [2.75, 3.05) is 13.2 Å². The SMILES string of the molecule is CC(NC(=O)N(CCCO)Cc1ccc(Cl)cc1)c1ncnn1C. The van der Waals surface area contributed by atoms with Crippen LogP contribution in [0.25, 0.3) is 0 Å². The van der Waals surface area contributed by atoms with E-state index in [0.717, 1.165) is 5.56 Å². The third-order valence-electron chi connectivity index (χ3n) is 3.63. The van der Waals surface area contributed by atoms with Gasteiger partial charge in [-0.1, -0.05) is 23.7 Å². The number of rotatable bonds is 7. The van der Waals surface area contributed by atoms with Crippen LogP contribution in [-0.4, -0.2) is 44.0 Å². The molecule has 0 spiro atoms. The molecule has 24 heavy (non-hydrogen) atoms. The Morgan fingerprint density at radius 3 is 2.71 bits per heavy atom. The molecule has 1 aromatic heterocycles. The number of hydrogen-bond acceptors (Lipinski definition) is 4. The van der Waals surface area contributed by atoms with Crippen LogP contribution in [0.15, 0.2) is 30.6 Å². The third kappa shape index (κ3) is 4.94. The van der Waals surface area contributed by atoms with E-state index in [1.807, 2.05) is 19.1 Å². The van der Waals surface area contributed by atoms with Crippen LogP contribution >= 0.6 is 11.6 Å². The highest BCUT2D eigenvalue weighted by molar-refractivity contribution is 6.30. The number of benzene rings is 1. The molecule has 8 heteroatoms. The van der Waals surface area contributed by atoms with Gasteiger partial charge in [0.1, 0.15) is 12.2 Å². The first kappa shape index (κ1) is 18.2. The summed E-state index contributed by atoms with van der Waals surface area (Å²) in [5.41, 5.74) is 0.971. The van der Waals surface area contributed by atoms with Gasteiger partial charge in [0.2, 0.25) is 0 Å². The number of aryl methyl sites for hydroxylation is 1. The minimum atomic E-state index is -0.271. The summed E-state index contributed by atoms with van der Waals surface area (Å²) >= 11 is 5.89. The second kappa shape index (κ2) is 8.65. The van der Waals surface area contributed by atoms with E-state index in [1.165, 1.54) is 6.33 Å². The molecule has 0 saturated carbocycles. The number of aliphatic hydroxyl groups is 1. The zero-order valence-corrected chi connectivity index (χ0v) is 14.6. The first-order chi connectivity index (χ1) is 11.5. The topological polar surface area (TPSA) is 83.3 Å². The molecular formula is C16H22ClN5O2. The molecule has 130 valence electrons. The molecule has 1 aromatic carbocycles. The van der Waals surface area contributed by atoms with Crippen molar-refractivity contribution in [3.8, 4) is 0 Å². The van der Waals surface area contributed by atoms with Crippen LogP contribution in [0.5, 0.6) is 0 Å². The molecule has 2 rings (SSSR count). The molecule has 2 amide bonds. The highest BCUT2D eigenvalue weighted by atomic mass is 35.5. The third-order valence-corrected chi connectivity index (χ3v) is 3.89. The van der Waals surface area contributed by atoms with Crippen LogP contribution < -0.4 is 5.32 Å². The van der Waals surface area contributed by atoms with Crippen molar-refractivity contribution in [3.63, 3.8) is 0 Å². The maximum absolute atomic E-state index is 12.6. The predicted octanol–water partition coefficient (Wildman–Crippen LogP) is 2.12. The van der Waals surface area contributed by atoms with Crippen LogP contribution in [0.3, 0.4) is 0 Å². The van der Waals surface area contributed by atoms with E-state index < -0.39 is 0 Å². The van der Waals surface area contributed by atoms with Gasteiger partial charge in [0.05, 0.1) is 6.04 Å². The van der Waals surface area contributed by atoms with Gasteiger partial charge in [0, 0.05) is 31.8 Å². The van der Waals surface area contributed by atoms with Gasteiger partial charge < -0.3 is 15.3 Å². The Hall–Kier alpha value is -2.12. The normalized spacial score (nSPS) is 12.0. The van der Waals surface area contributed by atoms with Crippen molar-refractivity contribution in [1.82, 2.24) is 25.0 Å². The van der Waals surface area contributed by atoms with Gasteiger partial charge in [-0.15, -0.1) is 0 Å². The molecule has 0 aliphatic rings. The summed E-state index contributed by atoms with van der Waals surface area (Å²) in [6.07, 6.45) is 1.97. The van der Waals surface area contributed by atoms with Crippen molar-refractivity contribution >= 4 is 17.6 Å². The molecule has 1 atom stereocenters. The largest absolute Gasteiger partial charge is 0.396 e. The average molecular weight is 352 g/mol. The van der Waals surface area contributed by atoms with Gasteiger partial charge in [-0.3, -0.25) is 4.68 Å². The lowest BCUT2D eigenvalue weighted by Crippen LogP contribution is -2.41. The molecule has 0 bridgehead atoms. The molecule has 0 fully saturated rings. The Kier molecular flexibility index (Phi) is 6.57. The fraction of sp³-hybridized carbons (Fsp3) is 0.438. The summed E-state index contributed by atoms with van der Waals surface area (Å²) in [4.78, 5) is 18.4. The molecule has 0 aliphatic carbocycles. The fourth-order valence-electron chi connectivity index (χ4n) is 2.36. The number of nitrogens with zero attached hydrogens (tertiary/aromatic N) is 4. The average Bonchev–Trinajstić information content (AvgIpc) is 2.99. The van der Waals surface area contributed by atoms with Crippen molar-refractivity contribution in [2.45, 2.75) is 25.9 Å². The molecule has 1 heterocycles. The monoisotopic (exact) mass is 351 g/mol. The number of amides is 2. The quantitative estimate of drug-likeness (QED) is 0.800. The minimum absolute atomic E-state index is 0.0310. The summed E-state index contributed by atoms with van der Waals surface area (Å²) in [7, 11) is 1.78. The van der Waals surface area contributed by atoms with Crippen molar-refractivity contribution in [2.24, 2.45) is 7.05 Å². The Bertz CT molecular complexity index is 659. The standard InChI is InChI=1S/C16H22ClN5O2/c1-12(15-18-11-19-21(15)2)20-16(24)22(8-3-9-23)10-13-4-6-14(17)7-5-13/h4-7,11-12,23H,3,8-10H2,1-2H3,(H,20,24). The smallest absolute Gasteiger partial charge is 0.318 e. The zero-order chi connectivity index (χ0) is 17.5. The number of hydrogen-bond donors (Lipinski definition) is 2. The number of halogens is 1. The summed E-state index contributed by atoms with van der Waals surface area (Å²) in [6.45, 7) is 2.78. The van der Waals surface area contributed by atoms with E-state index >= 15 is 0 Å². The van der Waals surface area contributed by atoms with E-state index in [4.69, 9.17) is 16.7 Å². The maximum atomic E-state index is 12.6. The second-order valence-electron chi connectivity index (χ2n) is 5.54. The van der Waals surface area contributed by atoms with E-state index in [2.05, 4.69) is 15.4 Å². The van der Waals surface area contributed by atoms with Gasteiger partial charge in [0.15, 0.2) is 0 Å². The molecule has 0 saturated heterocycles. The maximum Gasteiger partial charge on any atom is 0.318 e. The van der Waals surface area contributed by atoms with Crippen LogP contribution in [0, 0.1) is 0 Å². The molecule has 0 aliphatic heterocycles. The summed E-state index contributed by atoms with van der Waals surface area (Å²) in [6, 6.07) is 6.87. The van der Waals surface area contributed by atoms with Gasteiger partial charge in [-0.2, -0.15) is 5.10 Å². The van der Waals surface area contributed by atoms with E-state index in [-0.39, 0.29) is 18.7 Å². The van der Waals surface area contributed by atoms with Gasteiger partial charge >= 0.3 is 6.03 Å². The van der Waals surface area contributed by atoms with Gasteiger partial charge in [-0.25, -0.2) is 9.78 Å². The highest BCUT2D eigenvalue weighted by Gasteiger charge is 2.19. The van der Waals surface area contributed by atoms with Crippen molar-refractivity contribution in [1.29, 1.82) is 0 Å². The summed E-state index contributed by atoms with van der Waals surface area (Å²) in [5, 5.41) is 16.7. The summed E-state index contributed by atoms with van der Waals surface area (Å²) in [5.74, 6) is 0.678. The molecule has 2 aromatic rings. The van der Waals surface area contributed by atoms with Crippen molar-refractivity contribution < 1.29 is 9.90 Å². The fourth-order valence-corrected chi connectivity index (χ4v) is 2.49. The van der Waals surface area contributed by atoms with Gasteiger partial charge in [-0.05, 0) is 31.0 Å². The lowest BCUT2D eigenvalue weighted by atomic mass is 10.2. The second-order valence-corrected chi connectivity index (χ2v) is 5.97. The Labute approximate surface area is 146 Å². The van der Waals surface area contributed by atoms with E-state index in [1.54, 1.807) is 28.8 Å². The molecular weight excluding hydrogens is 330 g/mol. The van der Waals surface area contributed by atoms with Crippen LogP contribution in [-0.2, 0) is 13.6 Å². The van der Waals surface area contributed by atoms with E-state index in [0.29, 0.717) is 30.4 Å². The Morgan fingerprint density at radius 2 is 2.12 bits per heavy atom. The predicted molar refractivity (Wildman–Crippen MR) is 91.5 cm³/mol. The Morgan fingerprint density at radius 1 is 1.42 bits per heavy atom. The first-order valence-corrected chi connectivity index (χ1v) is 8.13. The van der Waals surface area contributed by atoms with Crippen LogP contribution in [0.4, 0.5) is 4.79 Å². The number of aromatic nitrogens is 3. The first-order valence-electron chi connectivity index (χ1n) is 7.76. The van der Waals surface area contributed by atoms with Gasteiger partial charge in [0.25, 0.3) is 0 Å². The number of urea groups is 1. The highest BCUT2D eigenvalue weighted by Crippen LogP contribution is 2.13.